The minimum Gasteiger partial charge on any atom is -0.377 e. The number of hydrogen-bond acceptors (Lipinski definition) is 2. The van der Waals surface area contributed by atoms with Crippen molar-refractivity contribution in [3.8, 4) is 0 Å². The Hall–Kier alpha value is -0.0800. The Bertz CT molecular complexity index is 217. The normalized spacial score (nSPS) is 25.7. The first kappa shape index (κ1) is 17.0. The zero-order chi connectivity index (χ0) is 14.1. The second-order valence-corrected chi connectivity index (χ2v) is 6.18. The van der Waals surface area contributed by atoms with Crippen molar-refractivity contribution in [3.63, 3.8) is 0 Å². The number of nitrogens with zero attached hydrogens (tertiary/aromatic N) is 1. The summed E-state index contributed by atoms with van der Waals surface area (Å²) < 4.78 is 6.01. The van der Waals surface area contributed by atoms with E-state index in [0.717, 1.165) is 12.5 Å². The number of rotatable bonds is 9. The Morgan fingerprint density at radius 3 is 2.47 bits per heavy atom. The zero-order valence-corrected chi connectivity index (χ0v) is 13.7. The van der Waals surface area contributed by atoms with E-state index < -0.39 is 0 Å². The molecule has 0 aliphatic heterocycles. The van der Waals surface area contributed by atoms with Gasteiger partial charge in [0.2, 0.25) is 0 Å². The third-order valence-corrected chi connectivity index (χ3v) is 4.63. The van der Waals surface area contributed by atoms with Gasteiger partial charge in [0.25, 0.3) is 0 Å². The number of ether oxygens (including phenoxy) is 1. The highest BCUT2D eigenvalue weighted by Gasteiger charge is 2.30. The maximum Gasteiger partial charge on any atom is 0.0730 e. The fourth-order valence-electron chi connectivity index (χ4n) is 3.22. The van der Waals surface area contributed by atoms with Gasteiger partial charge in [-0.25, -0.2) is 0 Å². The van der Waals surface area contributed by atoms with Crippen molar-refractivity contribution in [3.05, 3.63) is 0 Å². The van der Waals surface area contributed by atoms with Crippen LogP contribution in [-0.4, -0.2) is 36.7 Å². The van der Waals surface area contributed by atoms with Crippen LogP contribution >= 0.6 is 0 Å². The molecule has 0 saturated heterocycles. The average molecular weight is 269 g/mol. The van der Waals surface area contributed by atoms with Gasteiger partial charge in [-0.05, 0) is 51.6 Å². The van der Waals surface area contributed by atoms with Crippen molar-refractivity contribution in [1.29, 1.82) is 0 Å². The Morgan fingerprint density at radius 1 is 1.11 bits per heavy atom. The third-order valence-electron chi connectivity index (χ3n) is 4.63. The predicted molar refractivity (Wildman–Crippen MR) is 83.6 cm³/mol. The van der Waals surface area contributed by atoms with Gasteiger partial charge in [-0.1, -0.05) is 40.0 Å². The predicted octanol–water partition coefficient (Wildman–Crippen LogP) is 4.48. The van der Waals surface area contributed by atoms with Crippen molar-refractivity contribution < 1.29 is 4.74 Å². The molecule has 0 radical (unpaired) electrons. The van der Waals surface area contributed by atoms with Crippen LogP contribution in [0.1, 0.15) is 72.6 Å². The fraction of sp³-hybridized carbons (Fsp3) is 1.00. The van der Waals surface area contributed by atoms with Crippen LogP contribution in [0.2, 0.25) is 0 Å². The van der Waals surface area contributed by atoms with Crippen LogP contribution in [0.4, 0.5) is 0 Å². The van der Waals surface area contributed by atoms with E-state index in [9.17, 15) is 0 Å². The van der Waals surface area contributed by atoms with Crippen LogP contribution in [0.3, 0.4) is 0 Å². The summed E-state index contributed by atoms with van der Waals surface area (Å²) in [5, 5.41) is 0. The van der Waals surface area contributed by atoms with E-state index in [4.69, 9.17) is 4.74 Å². The van der Waals surface area contributed by atoms with Crippen molar-refractivity contribution in [2.75, 3.05) is 19.7 Å². The molecule has 19 heavy (non-hydrogen) atoms. The molecule has 2 nitrogen and oxygen atoms in total. The lowest BCUT2D eigenvalue weighted by Crippen LogP contribution is -2.47. The molecule has 1 aliphatic rings. The van der Waals surface area contributed by atoms with Crippen LogP contribution < -0.4 is 0 Å². The molecule has 3 atom stereocenters. The average Bonchev–Trinajstić information content (AvgIpc) is 2.44. The van der Waals surface area contributed by atoms with Gasteiger partial charge >= 0.3 is 0 Å². The molecule has 2 heteroatoms. The maximum absolute atomic E-state index is 6.01. The molecule has 0 aromatic heterocycles. The fourth-order valence-corrected chi connectivity index (χ4v) is 3.22. The lowest BCUT2D eigenvalue weighted by Gasteiger charge is -2.40. The Balaban J connectivity index is 2.55. The lowest BCUT2D eigenvalue weighted by atomic mass is 9.90. The molecule has 1 aliphatic carbocycles. The molecule has 0 spiro atoms. The van der Waals surface area contributed by atoms with Crippen LogP contribution in [0.25, 0.3) is 0 Å². The van der Waals surface area contributed by atoms with Gasteiger partial charge in [0.15, 0.2) is 0 Å². The molecule has 0 bridgehead atoms. The van der Waals surface area contributed by atoms with E-state index in [2.05, 4.69) is 32.6 Å². The molecular formula is C17H35NO. The van der Waals surface area contributed by atoms with Gasteiger partial charge in [0.1, 0.15) is 0 Å². The van der Waals surface area contributed by atoms with Gasteiger partial charge in [0, 0.05) is 12.6 Å². The monoisotopic (exact) mass is 269 g/mol. The molecule has 0 aromatic rings. The lowest BCUT2D eigenvalue weighted by molar-refractivity contribution is -0.0328. The SMILES string of the molecule is CCCN(CCC(C)CC)C1CCCCC1OCC. The highest BCUT2D eigenvalue weighted by Crippen LogP contribution is 2.26. The van der Waals surface area contributed by atoms with Gasteiger partial charge in [0.05, 0.1) is 6.10 Å². The molecule has 0 heterocycles. The minimum atomic E-state index is 0.488. The highest BCUT2D eigenvalue weighted by molar-refractivity contribution is 4.84. The molecule has 3 unspecified atom stereocenters. The maximum atomic E-state index is 6.01. The van der Waals surface area contributed by atoms with E-state index in [1.807, 2.05) is 0 Å². The topological polar surface area (TPSA) is 12.5 Å². The Kier molecular flexibility index (Phi) is 8.72. The molecular weight excluding hydrogens is 234 g/mol. The van der Waals surface area contributed by atoms with Crippen LogP contribution in [-0.2, 0) is 4.74 Å². The summed E-state index contributed by atoms with van der Waals surface area (Å²) >= 11 is 0. The minimum absolute atomic E-state index is 0.488. The summed E-state index contributed by atoms with van der Waals surface area (Å²) in [6.45, 7) is 12.5. The summed E-state index contributed by atoms with van der Waals surface area (Å²) in [4.78, 5) is 2.73. The van der Waals surface area contributed by atoms with Gasteiger partial charge in [-0.2, -0.15) is 0 Å². The van der Waals surface area contributed by atoms with Crippen molar-refractivity contribution >= 4 is 0 Å². The molecule has 0 N–H and O–H groups in total. The Labute approximate surface area is 120 Å². The summed E-state index contributed by atoms with van der Waals surface area (Å²) in [7, 11) is 0. The molecule has 1 rings (SSSR count). The van der Waals surface area contributed by atoms with Crippen LogP contribution in [0.15, 0.2) is 0 Å². The van der Waals surface area contributed by atoms with E-state index in [1.54, 1.807) is 0 Å². The smallest absolute Gasteiger partial charge is 0.0730 e. The molecule has 1 fully saturated rings. The molecule has 0 amide bonds. The highest BCUT2D eigenvalue weighted by atomic mass is 16.5. The summed E-state index contributed by atoms with van der Waals surface area (Å²) in [6, 6.07) is 0.678. The summed E-state index contributed by atoms with van der Waals surface area (Å²) in [6.07, 6.45) is 9.74. The quantitative estimate of drug-likeness (QED) is 0.612. The Morgan fingerprint density at radius 2 is 1.84 bits per heavy atom. The first-order valence-corrected chi connectivity index (χ1v) is 8.58. The van der Waals surface area contributed by atoms with Crippen molar-refractivity contribution in [1.82, 2.24) is 4.90 Å². The van der Waals surface area contributed by atoms with E-state index in [1.165, 1.54) is 58.0 Å². The van der Waals surface area contributed by atoms with E-state index in [0.29, 0.717) is 12.1 Å². The van der Waals surface area contributed by atoms with Gasteiger partial charge in [-0.3, -0.25) is 4.90 Å². The van der Waals surface area contributed by atoms with E-state index in [-0.39, 0.29) is 0 Å². The first-order chi connectivity index (χ1) is 9.22. The second kappa shape index (κ2) is 9.77. The molecule has 114 valence electrons. The first-order valence-electron chi connectivity index (χ1n) is 8.58. The zero-order valence-electron chi connectivity index (χ0n) is 13.7. The summed E-state index contributed by atoms with van der Waals surface area (Å²) in [5.41, 5.74) is 0. The van der Waals surface area contributed by atoms with Crippen LogP contribution in [0, 0.1) is 5.92 Å². The molecule has 0 aromatic carbocycles. The second-order valence-electron chi connectivity index (χ2n) is 6.18. The summed E-state index contributed by atoms with van der Waals surface area (Å²) in [5.74, 6) is 0.855. The third kappa shape index (κ3) is 5.83. The molecule has 1 saturated carbocycles. The number of hydrogen-bond donors (Lipinski definition) is 0. The largest absolute Gasteiger partial charge is 0.377 e. The van der Waals surface area contributed by atoms with Crippen LogP contribution in [0.5, 0.6) is 0 Å². The van der Waals surface area contributed by atoms with E-state index >= 15 is 0 Å². The van der Waals surface area contributed by atoms with Crippen molar-refractivity contribution in [2.24, 2.45) is 5.92 Å². The van der Waals surface area contributed by atoms with Crippen molar-refractivity contribution in [2.45, 2.75) is 84.8 Å². The van der Waals surface area contributed by atoms with Gasteiger partial charge < -0.3 is 4.74 Å². The van der Waals surface area contributed by atoms with Gasteiger partial charge in [-0.15, -0.1) is 0 Å². The standard InChI is InChI=1S/C17H35NO/c1-5-13-18(14-12-15(4)6-2)16-10-8-9-11-17(16)19-7-3/h15-17H,5-14H2,1-4H3.